The van der Waals surface area contributed by atoms with Crippen LogP contribution in [0.15, 0.2) is 28.9 Å². The summed E-state index contributed by atoms with van der Waals surface area (Å²) in [6.45, 7) is 4.01. The summed E-state index contributed by atoms with van der Waals surface area (Å²) in [5.74, 6) is 0.242. The summed E-state index contributed by atoms with van der Waals surface area (Å²) in [6, 6.07) is 5.56. The minimum absolute atomic E-state index is 0.0295. The fourth-order valence-corrected chi connectivity index (χ4v) is 2.53. The average molecular weight is 358 g/mol. The lowest BCUT2D eigenvalue weighted by molar-refractivity contribution is -0.385. The molecule has 0 saturated heterocycles. The zero-order chi connectivity index (χ0) is 14.9. The molecule has 0 aliphatic rings. The lowest BCUT2D eigenvalue weighted by Gasteiger charge is -2.14. The van der Waals surface area contributed by atoms with Gasteiger partial charge in [-0.15, -0.1) is 11.6 Å². The van der Waals surface area contributed by atoms with Gasteiger partial charge in [0.1, 0.15) is 6.20 Å². The molecule has 0 bridgehead atoms. The lowest BCUT2D eigenvalue weighted by atomic mass is 9.98. The maximum Gasteiger partial charge on any atom is 0.291 e. The van der Waals surface area contributed by atoms with Crippen molar-refractivity contribution in [3.05, 3.63) is 44.5 Å². The van der Waals surface area contributed by atoms with Gasteiger partial charge in [0.15, 0.2) is 0 Å². The number of nitrogens with zero attached hydrogens (tertiary/aromatic N) is 2. The normalized spacial score (nSPS) is 12.8. The molecule has 4 nitrogen and oxygen atoms in total. The summed E-state index contributed by atoms with van der Waals surface area (Å²) in [7, 11) is 0. The van der Waals surface area contributed by atoms with E-state index < -0.39 is 4.92 Å². The summed E-state index contributed by atoms with van der Waals surface area (Å²) in [5.41, 5.74) is 1.42. The van der Waals surface area contributed by atoms with Crippen LogP contribution in [0.3, 0.4) is 0 Å². The molecule has 2 rings (SSSR count). The van der Waals surface area contributed by atoms with E-state index in [0.29, 0.717) is 12.0 Å². The number of fused-ring (bicyclic) bond motifs is 1. The van der Waals surface area contributed by atoms with Gasteiger partial charge >= 0.3 is 0 Å². The molecule has 106 valence electrons. The minimum atomic E-state index is -0.396. The van der Waals surface area contributed by atoms with Crippen LogP contribution in [0, 0.1) is 16.0 Å². The second-order valence-electron chi connectivity index (χ2n) is 5.00. The summed E-state index contributed by atoms with van der Waals surface area (Å²) in [5, 5.41) is 11.8. The molecule has 6 heteroatoms. The number of benzene rings is 1. The molecule has 1 heterocycles. The van der Waals surface area contributed by atoms with Crippen molar-refractivity contribution < 1.29 is 4.92 Å². The predicted octanol–water partition coefficient (Wildman–Crippen LogP) is 4.71. The standard InChI is InChI=1S/C14H14BrClN2O2/c1-8(2)12(16)6-11-10-5-9(15)3-4-13(10)17-7-14(11)18(19)20/h3-5,7-8,12H,6H2,1-2H3. The maximum absolute atomic E-state index is 11.2. The highest BCUT2D eigenvalue weighted by atomic mass is 79.9. The van der Waals surface area contributed by atoms with Gasteiger partial charge in [-0.1, -0.05) is 29.8 Å². The van der Waals surface area contributed by atoms with Crippen LogP contribution in [0.1, 0.15) is 19.4 Å². The van der Waals surface area contributed by atoms with Crippen molar-refractivity contribution in [1.29, 1.82) is 0 Å². The second kappa shape index (κ2) is 6.06. The largest absolute Gasteiger partial charge is 0.291 e. The van der Waals surface area contributed by atoms with E-state index in [1.807, 2.05) is 32.0 Å². The van der Waals surface area contributed by atoms with Crippen molar-refractivity contribution in [1.82, 2.24) is 4.98 Å². The van der Waals surface area contributed by atoms with Gasteiger partial charge in [-0.25, -0.2) is 4.98 Å². The highest BCUT2D eigenvalue weighted by Gasteiger charge is 2.22. The molecule has 1 aromatic heterocycles. The van der Waals surface area contributed by atoms with Gasteiger partial charge < -0.3 is 0 Å². The Hall–Kier alpha value is -1.20. The van der Waals surface area contributed by atoms with Gasteiger partial charge in [-0.3, -0.25) is 10.1 Å². The molecule has 0 amide bonds. The topological polar surface area (TPSA) is 56.0 Å². The number of hydrogen-bond donors (Lipinski definition) is 0. The molecule has 0 saturated carbocycles. The van der Waals surface area contributed by atoms with E-state index in [0.717, 1.165) is 15.4 Å². The van der Waals surface area contributed by atoms with Crippen LogP contribution >= 0.6 is 27.5 Å². The molecule has 0 radical (unpaired) electrons. The molecular weight excluding hydrogens is 344 g/mol. The molecule has 1 aromatic carbocycles. The van der Waals surface area contributed by atoms with Gasteiger partial charge in [0.25, 0.3) is 5.69 Å². The lowest BCUT2D eigenvalue weighted by Crippen LogP contribution is -2.13. The highest BCUT2D eigenvalue weighted by Crippen LogP contribution is 2.31. The Morgan fingerprint density at radius 2 is 2.15 bits per heavy atom. The van der Waals surface area contributed by atoms with Crippen LogP contribution in [-0.2, 0) is 6.42 Å². The zero-order valence-corrected chi connectivity index (χ0v) is 13.5. The SMILES string of the molecule is CC(C)C(Cl)Cc1c([N+](=O)[O-])cnc2ccc(Br)cc12. The first kappa shape index (κ1) is 15.2. The number of aromatic nitrogens is 1. The van der Waals surface area contributed by atoms with E-state index in [1.165, 1.54) is 6.20 Å². The van der Waals surface area contributed by atoms with Gasteiger partial charge in [0.2, 0.25) is 0 Å². The molecular formula is C14H14BrClN2O2. The third kappa shape index (κ3) is 3.10. The van der Waals surface area contributed by atoms with E-state index in [2.05, 4.69) is 20.9 Å². The molecule has 0 spiro atoms. The van der Waals surface area contributed by atoms with Crippen molar-refractivity contribution in [2.75, 3.05) is 0 Å². The molecule has 1 atom stereocenters. The fraction of sp³-hybridized carbons (Fsp3) is 0.357. The fourth-order valence-electron chi connectivity index (χ4n) is 2.01. The Balaban J connectivity index is 2.64. The molecule has 0 aliphatic heterocycles. The van der Waals surface area contributed by atoms with Gasteiger partial charge in [0.05, 0.1) is 10.4 Å². The maximum atomic E-state index is 11.2. The molecule has 1 unspecified atom stereocenters. The average Bonchev–Trinajstić information content (AvgIpc) is 2.38. The third-order valence-corrected chi connectivity index (χ3v) is 4.39. The second-order valence-corrected chi connectivity index (χ2v) is 6.48. The van der Waals surface area contributed by atoms with Crippen molar-refractivity contribution in [3.63, 3.8) is 0 Å². The summed E-state index contributed by atoms with van der Waals surface area (Å²) < 4.78 is 0.865. The van der Waals surface area contributed by atoms with Crippen LogP contribution < -0.4 is 0 Å². The van der Waals surface area contributed by atoms with Gasteiger partial charge in [-0.2, -0.15) is 0 Å². The number of hydrogen-bond acceptors (Lipinski definition) is 3. The Morgan fingerprint density at radius 3 is 2.75 bits per heavy atom. The Kier molecular flexibility index (Phi) is 4.60. The van der Waals surface area contributed by atoms with E-state index in [1.54, 1.807) is 0 Å². The number of alkyl halides is 1. The first-order valence-corrected chi connectivity index (χ1v) is 7.48. The van der Waals surface area contributed by atoms with Gasteiger partial charge in [-0.05, 0) is 30.5 Å². The van der Waals surface area contributed by atoms with E-state index >= 15 is 0 Å². The van der Waals surface area contributed by atoms with Crippen molar-refractivity contribution in [3.8, 4) is 0 Å². The van der Waals surface area contributed by atoms with Crippen molar-refractivity contribution in [2.45, 2.75) is 25.6 Å². The van der Waals surface area contributed by atoms with Crippen molar-refractivity contribution in [2.24, 2.45) is 5.92 Å². The first-order chi connectivity index (χ1) is 9.40. The smallest absolute Gasteiger partial charge is 0.258 e. The molecule has 2 aromatic rings. The number of rotatable bonds is 4. The highest BCUT2D eigenvalue weighted by molar-refractivity contribution is 9.10. The number of pyridine rings is 1. The Bertz CT molecular complexity index is 661. The van der Waals surface area contributed by atoms with Crippen LogP contribution in [0.2, 0.25) is 0 Å². The number of halogens is 2. The Morgan fingerprint density at radius 1 is 1.45 bits per heavy atom. The third-order valence-electron chi connectivity index (χ3n) is 3.24. The number of nitro groups is 1. The van der Waals surface area contributed by atoms with E-state index in [4.69, 9.17) is 11.6 Å². The first-order valence-electron chi connectivity index (χ1n) is 6.25. The zero-order valence-electron chi connectivity index (χ0n) is 11.1. The van der Waals surface area contributed by atoms with Crippen LogP contribution in [0.25, 0.3) is 10.9 Å². The molecule has 0 N–H and O–H groups in total. The van der Waals surface area contributed by atoms with E-state index in [9.17, 15) is 10.1 Å². The minimum Gasteiger partial charge on any atom is -0.258 e. The van der Waals surface area contributed by atoms with Gasteiger partial charge in [0, 0.05) is 20.8 Å². The Labute approximate surface area is 130 Å². The summed E-state index contributed by atoms with van der Waals surface area (Å²) in [4.78, 5) is 15.0. The van der Waals surface area contributed by atoms with Crippen LogP contribution in [0.4, 0.5) is 5.69 Å². The monoisotopic (exact) mass is 356 g/mol. The molecule has 0 aliphatic carbocycles. The van der Waals surface area contributed by atoms with Crippen LogP contribution in [-0.4, -0.2) is 15.3 Å². The summed E-state index contributed by atoms with van der Waals surface area (Å²) >= 11 is 9.71. The molecule has 0 fully saturated rings. The molecule has 20 heavy (non-hydrogen) atoms. The van der Waals surface area contributed by atoms with Crippen molar-refractivity contribution >= 4 is 44.1 Å². The van der Waals surface area contributed by atoms with Crippen LogP contribution in [0.5, 0.6) is 0 Å². The quantitative estimate of drug-likeness (QED) is 0.452. The van der Waals surface area contributed by atoms with E-state index in [-0.39, 0.29) is 17.0 Å². The summed E-state index contributed by atoms with van der Waals surface area (Å²) in [6.07, 6.45) is 1.76. The predicted molar refractivity (Wildman–Crippen MR) is 84.3 cm³/mol.